The molecule has 8 heteroatoms. The van der Waals surface area contributed by atoms with Crippen molar-refractivity contribution in [3.8, 4) is 0 Å². The van der Waals surface area contributed by atoms with Crippen molar-refractivity contribution in [2.24, 2.45) is 23.7 Å². The van der Waals surface area contributed by atoms with Crippen LogP contribution in [0.4, 0.5) is 0 Å². The zero-order valence-corrected chi connectivity index (χ0v) is 31.2. The number of hydrogen-bond acceptors (Lipinski definition) is 8. The maximum Gasteiger partial charge on any atom is 0.306 e. The Morgan fingerprint density at radius 3 is 1.10 bits per heavy atom. The van der Waals surface area contributed by atoms with Gasteiger partial charge in [0.1, 0.15) is 24.4 Å². The Kier molecular flexibility index (Phi) is 16.5. The van der Waals surface area contributed by atoms with Gasteiger partial charge < -0.3 is 18.9 Å². The second-order valence-corrected chi connectivity index (χ2v) is 16.1. The second-order valence-electron chi connectivity index (χ2n) is 16.1. The van der Waals surface area contributed by atoms with Crippen LogP contribution in [0.3, 0.4) is 0 Å². The molecule has 2 aromatic carbocycles. The Morgan fingerprint density at radius 1 is 0.500 bits per heavy atom. The van der Waals surface area contributed by atoms with Crippen LogP contribution in [0.1, 0.15) is 130 Å². The summed E-state index contributed by atoms with van der Waals surface area (Å²) in [6, 6.07) is 19.4. The zero-order valence-electron chi connectivity index (χ0n) is 31.2. The number of carbonyl (C=O) groups is 4. The van der Waals surface area contributed by atoms with Crippen molar-refractivity contribution in [2.45, 2.75) is 143 Å². The monoisotopic (exact) mass is 692 g/mol. The van der Waals surface area contributed by atoms with Crippen LogP contribution in [0.2, 0.25) is 0 Å². The van der Waals surface area contributed by atoms with Crippen LogP contribution in [0.15, 0.2) is 60.7 Å². The van der Waals surface area contributed by atoms with Gasteiger partial charge in [0, 0.05) is 25.7 Å². The lowest BCUT2D eigenvalue weighted by atomic mass is 9.78. The van der Waals surface area contributed by atoms with E-state index in [9.17, 15) is 19.2 Å². The molecule has 2 fully saturated rings. The Morgan fingerprint density at radius 2 is 0.800 bits per heavy atom. The summed E-state index contributed by atoms with van der Waals surface area (Å²) in [5.41, 5.74) is 1.13. The third-order valence-corrected chi connectivity index (χ3v) is 8.93. The smallest absolute Gasteiger partial charge is 0.306 e. The van der Waals surface area contributed by atoms with E-state index in [2.05, 4.69) is 0 Å². The van der Waals surface area contributed by atoms with Crippen molar-refractivity contribution < 1.29 is 38.1 Å². The molecule has 4 rings (SSSR count). The van der Waals surface area contributed by atoms with Crippen LogP contribution < -0.4 is 0 Å². The summed E-state index contributed by atoms with van der Waals surface area (Å²) in [6.45, 7) is 12.0. The van der Waals surface area contributed by atoms with Crippen molar-refractivity contribution in [1.29, 1.82) is 0 Å². The number of carbonyl (C=O) groups excluding carboxylic acids is 4. The van der Waals surface area contributed by atoms with Gasteiger partial charge in [0.05, 0.1) is 0 Å². The molecule has 0 unspecified atom stereocenters. The van der Waals surface area contributed by atoms with Gasteiger partial charge in [0.25, 0.3) is 0 Å². The molecular formula is C42H60O8. The van der Waals surface area contributed by atoms with Crippen LogP contribution in [0.25, 0.3) is 0 Å². The molecule has 8 nitrogen and oxygen atoms in total. The van der Waals surface area contributed by atoms with Crippen LogP contribution >= 0.6 is 0 Å². The van der Waals surface area contributed by atoms with Crippen LogP contribution in [0.5, 0.6) is 0 Å². The molecule has 0 amide bonds. The normalized spacial score (nSPS) is 20.8. The molecule has 0 aliphatic heterocycles. The van der Waals surface area contributed by atoms with Gasteiger partial charge in [-0.1, -0.05) is 73.5 Å². The molecule has 0 aromatic heterocycles. The summed E-state index contributed by atoms with van der Waals surface area (Å²) in [4.78, 5) is 48.2. The Bertz CT molecular complexity index is 1220. The summed E-state index contributed by atoms with van der Waals surface area (Å²) < 4.78 is 21.6. The molecule has 0 heterocycles. The lowest BCUT2D eigenvalue weighted by molar-refractivity contribution is -0.157. The van der Waals surface area contributed by atoms with Crippen molar-refractivity contribution in [2.75, 3.05) is 0 Å². The number of rotatable bonds is 12. The second kappa shape index (κ2) is 20.2. The summed E-state index contributed by atoms with van der Waals surface area (Å²) in [7, 11) is 0. The number of benzene rings is 2. The van der Waals surface area contributed by atoms with Gasteiger partial charge in [-0.25, -0.2) is 0 Å². The summed E-state index contributed by atoms with van der Waals surface area (Å²) in [6.07, 6.45) is 9.85. The minimum Gasteiger partial charge on any atom is -0.461 e. The SMILES string of the molecule is CC(C)(C)OC(=O)C[C@@H]1CCC[C@@H](CC(=O)OCc2ccccc2)C1.CC(C)(C)OC(=O)C[C@H]1CCC[C@@H](CC(=O)OCc2ccccc2)C1. The molecule has 50 heavy (non-hydrogen) atoms. The maximum atomic E-state index is 12.1. The molecule has 0 radical (unpaired) electrons. The fourth-order valence-corrected chi connectivity index (χ4v) is 6.85. The van der Waals surface area contributed by atoms with Crippen LogP contribution in [-0.2, 0) is 51.3 Å². The summed E-state index contributed by atoms with van der Waals surface area (Å²) >= 11 is 0. The molecule has 276 valence electrons. The number of hydrogen-bond donors (Lipinski definition) is 0. The molecule has 0 saturated heterocycles. The largest absolute Gasteiger partial charge is 0.461 e. The van der Waals surface area contributed by atoms with Crippen molar-refractivity contribution in [1.82, 2.24) is 0 Å². The molecular weight excluding hydrogens is 632 g/mol. The first kappa shape index (κ1) is 40.7. The van der Waals surface area contributed by atoms with Gasteiger partial charge in [-0.15, -0.1) is 0 Å². The van der Waals surface area contributed by atoms with Crippen molar-refractivity contribution in [3.05, 3.63) is 71.8 Å². The van der Waals surface area contributed by atoms with Crippen molar-refractivity contribution >= 4 is 23.9 Å². The van der Waals surface area contributed by atoms with Gasteiger partial charge in [0.2, 0.25) is 0 Å². The minimum absolute atomic E-state index is 0.134. The highest BCUT2D eigenvalue weighted by Crippen LogP contribution is 2.35. The molecule has 2 aromatic rings. The average Bonchev–Trinajstić information content (AvgIpc) is 3.03. The molecule has 0 N–H and O–H groups in total. The lowest BCUT2D eigenvalue weighted by Crippen LogP contribution is -2.27. The van der Waals surface area contributed by atoms with E-state index in [1.165, 1.54) is 0 Å². The van der Waals surface area contributed by atoms with Gasteiger partial charge in [0.15, 0.2) is 0 Å². The molecule has 2 aliphatic carbocycles. The highest BCUT2D eigenvalue weighted by atomic mass is 16.6. The van der Waals surface area contributed by atoms with E-state index in [4.69, 9.17) is 18.9 Å². The fourth-order valence-electron chi connectivity index (χ4n) is 6.85. The Labute approximate surface area is 300 Å². The molecule has 0 bridgehead atoms. The third kappa shape index (κ3) is 17.8. The molecule has 2 aliphatic rings. The summed E-state index contributed by atoms with van der Waals surface area (Å²) in [5.74, 6) is 0.688. The predicted molar refractivity (Wildman–Crippen MR) is 194 cm³/mol. The Balaban J connectivity index is 0.000000270. The van der Waals surface area contributed by atoms with Crippen molar-refractivity contribution in [3.63, 3.8) is 0 Å². The maximum absolute atomic E-state index is 12.1. The Hall–Kier alpha value is -3.68. The van der Waals surface area contributed by atoms with Crippen LogP contribution in [0, 0.1) is 23.7 Å². The van der Waals surface area contributed by atoms with Gasteiger partial charge >= 0.3 is 23.9 Å². The molecule has 0 spiro atoms. The van der Waals surface area contributed by atoms with E-state index in [1.807, 2.05) is 102 Å². The van der Waals surface area contributed by atoms with E-state index >= 15 is 0 Å². The first-order chi connectivity index (χ1) is 23.6. The topological polar surface area (TPSA) is 105 Å². The first-order valence-electron chi connectivity index (χ1n) is 18.5. The molecule has 4 atom stereocenters. The quantitative estimate of drug-likeness (QED) is 0.160. The molecule has 2 saturated carbocycles. The highest BCUT2D eigenvalue weighted by Gasteiger charge is 2.29. The summed E-state index contributed by atoms with van der Waals surface area (Å²) in [5, 5.41) is 0. The average molecular weight is 693 g/mol. The van der Waals surface area contributed by atoms with Crippen LogP contribution in [-0.4, -0.2) is 35.1 Å². The van der Waals surface area contributed by atoms with E-state index in [1.54, 1.807) is 0 Å². The van der Waals surface area contributed by atoms with Gasteiger partial charge in [-0.2, -0.15) is 0 Å². The fraction of sp³-hybridized carbons (Fsp3) is 0.619. The lowest BCUT2D eigenvalue weighted by Gasteiger charge is -2.29. The standard InChI is InChI=1S/2C21H30O4/c2*1-21(2,3)25-20(23)14-18-11-7-10-17(12-18)13-19(22)24-15-16-8-5-4-6-9-16/h2*4-6,8-9,17-18H,7,10-15H2,1-3H3/t17-,18+;17-,18-/m11/s1. The minimum atomic E-state index is -0.438. The van der Waals surface area contributed by atoms with Gasteiger partial charge in [-0.3, -0.25) is 19.2 Å². The number of esters is 4. The zero-order chi connectivity index (χ0) is 36.6. The van der Waals surface area contributed by atoms with Gasteiger partial charge in [-0.05, 0) is 115 Å². The third-order valence-electron chi connectivity index (χ3n) is 8.93. The van der Waals surface area contributed by atoms with E-state index < -0.39 is 11.2 Å². The van der Waals surface area contributed by atoms with E-state index in [-0.39, 0.29) is 23.9 Å². The first-order valence-corrected chi connectivity index (χ1v) is 18.5. The number of ether oxygens (including phenoxy) is 4. The van der Waals surface area contributed by atoms with E-state index in [0.29, 0.717) is 62.6 Å². The van der Waals surface area contributed by atoms with E-state index in [0.717, 1.165) is 62.5 Å². The highest BCUT2D eigenvalue weighted by molar-refractivity contribution is 5.71. The predicted octanol–water partition coefficient (Wildman–Crippen LogP) is 9.32.